The van der Waals surface area contributed by atoms with Crippen molar-refractivity contribution in [1.29, 1.82) is 0 Å². The molecule has 1 heterocycles. The van der Waals surface area contributed by atoms with E-state index in [1.54, 1.807) is 18.2 Å². The standard InChI is InChI=1S/C14H9Cl2N4O3/c15-8-5-6-9(10(16)7-8)13(21)23-19-11-3-1-2-4-12(11)20(22)18-14(19)17/h1-7H,(H2,17,18)/q-1. The number of hydrogen-bond acceptors (Lipinski definition) is 7. The number of carbonyl (C=O) groups excluding carboxylic acids is 1. The number of nitrogens with zero attached hydrogens (tertiary/aromatic N) is 3. The molecule has 118 valence electrons. The lowest BCUT2D eigenvalue weighted by atomic mass is 10.2. The topological polar surface area (TPSA) is 94.2 Å². The van der Waals surface area contributed by atoms with Crippen molar-refractivity contribution in [2.24, 2.45) is 10.8 Å². The lowest BCUT2D eigenvalue weighted by Crippen LogP contribution is -2.43. The molecule has 0 aromatic heterocycles. The molecule has 0 saturated carbocycles. The molecule has 7 nitrogen and oxygen atoms in total. The molecule has 0 unspecified atom stereocenters. The Balaban J connectivity index is 1.92. The highest BCUT2D eigenvalue weighted by atomic mass is 35.5. The summed E-state index contributed by atoms with van der Waals surface area (Å²) < 4.78 is 0. The Kier molecular flexibility index (Phi) is 3.99. The van der Waals surface area contributed by atoms with Gasteiger partial charge in [0.1, 0.15) is 5.69 Å². The Morgan fingerprint density at radius 2 is 1.87 bits per heavy atom. The molecule has 0 aliphatic carbocycles. The highest BCUT2D eigenvalue weighted by Crippen LogP contribution is 2.33. The fourth-order valence-electron chi connectivity index (χ4n) is 1.99. The van der Waals surface area contributed by atoms with E-state index >= 15 is 0 Å². The number of hydrazone groups is 1. The number of hydrogen-bond donors (Lipinski definition) is 1. The van der Waals surface area contributed by atoms with Gasteiger partial charge in [-0.25, -0.2) is 4.79 Å². The van der Waals surface area contributed by atoms with E-state index < -0.39 is 5.97 Å². The second kappa shape index (κ2) is 5.96. The number of anilines is 2. The van der Waals surface area contributed by atoms with Gasteiger partial charge in [-0.15, -0.1) is 10.2 Å². The first-order valence-electron chi connectivity index (χ1n) is 6.35. The third kappa shape index (κ3) is 2.89. The number of hydroxylamine groups is 1. The maximum atomic E-state index is 12.3. The van der Waals surface area contributed by atoms with Crippen molar-refractivity contribution in [3.8, 4) is 0 Å². The van der Waals surface area contributed by atoms with Crippen LogP contribution in [-0.2, 0) is 4.84 Å². The van der Waals surface area contributed by atoms with Crippen LogP contribution in [0.25, 0.3) is 0 Å². The van der Waals surface area contributed by atoms with Crippen molar-refractivity contribution in [3.05, 3.63) is 63.3 Å². The van der Waals surface area contributed by atoms with Crippen LogP contribution in [0.15, 0.2) is 47.6 Å². The zero-order valence-corrected chi connectivity index (χ0v) is 13.0. The van der Waals surface area contributed by atoms with Crippen LogP contribution in [0.5, 0.6) is 0 Å². The minimum absolute atomic E-state index is 0.103. The number of halogens is 2. The number of guanidine groups is 1. The second-order valence-corrected chi connectivity index (χ2v) is 5.36. The van der Waals surface area contributed by atoms with Gasteiger partial charge in [-0.3, -0.25) is 0 Å². The Labute approximate surface area is 141 Å². The molecular weight excluding hydrogens is 343 g/mol. The third-order valence-electron chi connectivity index (χ3n) is 3.03. The summed E-state index contributed by atoms with van der Waals surface area (Å²) in [5.74, 6) is -1.05. The minimum atomic E-state index is -0.765. The van der Waals surface area contributed by atoms with Crippen LogP contribution in [0.4, 0.5) is 11.4 Å². The fraction of sp³-hybridized carbons (Fsp3) is 0. The maximum absolute atomic E-state index is 12.3. The van der Waals surface area contributed by atoms with Crippen LogP contribution in [0, 0.1) is 5.21 Å². The molecule has 2 aromatic carbocycles. The van der Waals surface area contributed by atoms with Crippen LogP contribution >= 0.6 is 23.2 Å². The van der Waals surface area contributed by atoms with Crippen molar-refractivity contribution in [3.63, 3.8) is 0 Å². The first-order valence-corrected chi connectivity index (χ1v) is 7.11. The molecule has 0 saturated heterocycles. The molecule has 0 radical (unpaired) electrons. The van der Waals surface area contributed by atoms with Gasteiger partial charge >= 0.3 is 5.97 Å². The Hall–Kier alpha value is -2.48. The minimum Gasteiger partial charge on any atom is -0.737 e. The quantitative estimate of drug-likeness (QED) is 0.892. The number of nitrogens with two attached hydrogens (primary N) is 1. The first-order chi connectivity index (χ1) is 11.0. The normalized spacial score (nSPS) is 13.4. The summed E-state index contributed by atoms with van der Waals surface area (Å²) in [5.41, 5.74) is 6.26. The molecule has 0 fully saturated rings. The van der Waals surface area contributed by atoms with Crippen LogP contribution < -0.4 is 16.0 Å². The molecule has 2 aromatic rings. The van der Waals surface area contributed by atoms with Crippen molar-refractivity contribution in [2.45, 2.75) is 0 Å². The van der Waals surface area contributed by atoms with E-state index in [4.69, 9.17) is 33.8 Å². The van der Waals surface area contributed by atoms with E-state index in [2.05, 4.69) is 5.10 Å². The molecule has 0 amide bonds. The monoisotopic (exact) mass is 351 g/mol. The van der Waals surface area contributed by atoms with Crippen molar-refractivity contribution in [1.82, 2.24) is 0 Å². The second-order valence-electron chi connectivity index (χ2n) is 4.52. The highest BCUT2D eigenvalue weighted by molar-refractivity contribution is 6.36. The number of para-hydroxylation sites is 2. The fourth-order valence-corrected chi connectivity index (χ4v) is 2.48. The summed E-state index contributed by atoms with van der Waals surface area (Å²) in [7, 11) is 0. The van der Waals surface area contributed by atoms with Crippen LogP contribution in [-0.4, -0.2) is 11.9 Å². The highest BCUT2D eigenvalue weighted by Gasteiger charge is 2.26. The zero-order valence-electron chi connectivity index (χ0n) is 11.4. The molecular formula is C14H9Cl2N4O3-. The van der Waals surface area contributed by atoms with Gasteiger partial charge in [0, 0.05) is 5.02 Å². The number of benzene rings is 2. The van der Waals surface area contributed by atoms with Crippen molar-refractivity contribution >= 4 is 46.5 Å². The smallest absolute Gasteiger partial charge is 0.365 e. The molecule has 0 spiro atoms. The van der Waals surface area contributed by atoms with Crippen LogP contribution in [0.1, 0.15) is 10.4 Å². The largest absolute Gasteiger partial charge is 0.737 e. The van der Waals surface area contributed by atoms with Crippen LogP contribution in [0.2, 0.25) is 10.0 Å². The molecule has 0 atom stereocenters. The molecule has 0 bridgehead atoms. The SMILES string of the molecule is NC1=NN([O-])c2ccccc2N1OC(=O)c1ccc(Cl)cc1Cl. The summed E-state index contributed by atoms with van der Waals surface area (Å²) >= 11 is 11.8. The maximum Gasteiger partial charge on any atom is 0.365 e. The Bertz CT molecular complexity index is 812. The van der Waals surface area contributed by atoms with Crippen molar-refractivity contribution < 1.29 is 9.63 Å². The number of carbonyl (C=O) groups is 1. The molecule has 23 heavy (non-hydrogen) atoms. The summed E-state index contributed by atoms with van der Waals surface area (Å²) in [4.78, 5) is 17.5. The van der Waals surface area contributed by atoms with E-state index in [1.807, 2.05) is 0 Å². The lowest BCUT2D eigenvalue weighted by molar-refractivity contribution is 0.0515. The average molecular weight is 352 g/mol. The van der Waals surface area contributed by atoms with Gasteiger partial charge in [0.25, 0.3) is 5.96 Å². The molecule has 2 N–H and O–H groups in total. The van der Waals surface area contributed by atoms with Gasteiger partial charge in [0.15, 0.2) is 0 Å². The van der Waals surface area contributed by atoms with E-state index in [1.165, 1.54) is 24.3 Å². The van der Waals surface area contributed by atoms with Gasteiger partial charge in [0.05, 0.1) is 16.3 Å². The summed E-state index contributed by atoms with van der Waals surface area (Å²) in [6.45, 7) is 0. The van der Waals surface area contributed by atoms with Gasteiger partial charge in [0.2, 0.25) is 0 Å². The predicted octanol–water partition coefficient (Wildman–Crippen LogP) is 3.12. The summed E-state index contributed by atoms with van der Waals surface area (Å²) in [6, 6.07) is 10.8. The van der Waals surface area contributed by atoms with Gasteiger partial charge in [-0.1, -0.05) is 35.3 Å². The molecule has 3 rings (SSSR count). The number of rotatable bonds is 2. The average Bonchev–Trinajstić information content (AvgIpc) is 2.51. The predicted molar refractivity (Wildman–Crippen MR) is 88.3 cm³/mol. The van der Waals surface area contributed by atoms with Crippen LogP contribution in [0.3, 0.4) is 0 Å². The Morgan fingerprint density at radius 3 is 2.57 bits per heavy atom. The first kappa shape index (κ1) is 15.4. The third-order valence-corrected chi connectivity index (χ3v) is 3.58. The number of fused-ring (bicyclic) bond motifs is 1. The summed E-state index contributed by atoms with van der Waals surface area (Å²) in [6.07, 6.45) is 0. The lowest BCUT2D eigenvalue weighted by Gasteiger charge is -2.35. The molecule has 1 aliphatic heterocycles. The van der Waals surface area contributed by atoms with Gasteiger partial charge in [-0.05, 0) is 30.3 Å². The van der Waals surface area contributed by atoms with Gasteiger partial charge < -0.3 is 21.0 Å². The van der Waals surface area contributed by atoms with Crippen molar-refractivity contribution in [2.75, 3.05) is 10.2 Å². The zero-order chi connectivity index (χ0) is 16.6. The Morgan fingerprint density at radius 1 is 1.17 bits per heavy atom. The van der Waals surface area contributed by atoms with E-state index in [0.717, 1.165) is 5.06 Å². The van der Waals surface area contributed by atoms with E-state index in [0.29, 0.717) is 10.2 Å². The summed E-state index contributed by atoms with van der Waals surface area (Å²) in [5, 5.41) is 17.1. The van der Waals surface area contributed by atoms with E-state index in [-0.39, 0.29) is 27.9 Å². The van der Waals surface area contributed by atoms with Gasteiger partial charge in [-0.2, -0.15) is 0 Å². The van der Waals surface area contributed by atoms with E-state index in [9.17, 15) is 10.0 Å². The molecule has 1 aliphatic rings. The molecule has 9 heteroatoms.